The summed E-state index contributed by atoms with van der Waals surface area (Å²) in [5.74, 6) is 0.830. The zero-order valence-electron chi connectivity index (χ0n) is 17.6. The summed E-state index contributed by atoms with van der Waals surface area (Å²) < 4.78 is 38.0. The molecule has 2 aliphatic heterocycles. The standard InChI is InChI=1S/C22H21ClN4O5S/c23-16-6-9-19-18(12-16)27(21(28)14-31-19)13-20-24-22(25-32-20)15-4-7-17(8-5-15)33(29,30)26-10-2-1-3-11-26/h4-9,12H,1-3,10-11,13-14H2. The number of halogens is 1. The molecule has 2 aliphatic rings. The van der Waals surface area contributed by atoms with Gasteiger partial charge in [-0.2, -0.15) is 9.29 Å². The van der Waals surface area contributed by atoms with Crippen molar-refractivity contribution in [3.63, 3.8) is 0 Å². The summed E-state index contributed by atoms with van der Waals surface area (Å²) in [4.78, 5) is 18.5. The lowest BCUT2D eigenvalue weighted by Gasteiger charge is -2.28. The average molecular weight is 489 g/mol. The van der Waals surface area contributed by atoms with E-state index >= 15 is 0 Å². The highest BCUT2D eigenvalue weighted by molar-refractivity contribution is 7.89. The summed E-state index contributed by atoms with van der Waals surface area (Å²) in [5, 5.41) is 4.47. The average Bonchev–Trinajstić information content (AvgIpc) is 3.30. The van der Waals surface area contributed by atoms with Gasteiger partial charge in [0.15, 0.2) is 6.61 Å². The summed E-state index contributed by atoms with van der Waals surface area (Å²) in [7, 11) is -3.51. The van der Waals surface area contributed by atoms with E-state index in [1.54, 1.807) is 42.5 Å². The number of anilines is 1. The number of hydrogen-bond donors (Lipinski definition) is 0. The highest BCUT2D eigenvalue weighted by Gasteiger charge is 2.28. The highest BCUT2D eigenvalue weighted by Crippen LogP contribution is 2.35. The minimum absolute atomic E-state index is 0.0595. The number of hydrogen-bond acceptors (Lipinski definition) is 7. The molecule has 0 bridgehead atoms. The van der Waals surface area contributed by atoms with Crippen molar-refractivity contribution in [1.29, 1.82) is 0 Å². The summed E-state index contributed by atoms with van der Waals surface area (Å²) >= 11 is 6.08. The van der Waals surface area contributed by atoms with Crippen molar-refractivity contribution in [2.45, 2.75) is 30.7 Å². The quantitative estimate of drug-likeness (QED) is 0.541. The second-order valence-corrected chi connectivity index (χ2v) is 10.3. The van der Waals surface area contributed by atoms with Crippen molar-refractivity contribution in [2.75, 3.05) is 24.6 Å². The molecule has 1 fully saturated rings. The maximum atomic E-state index is 12.8. The molecule has 1 aromatic heterocycles. The van der Waals surface area contributed by atoms with Crippen LogP contribution in [0.25, 0.3) is 11.4 Å². The Morgan fingerprint density at radius 3 is 2.55 bits per heavy atom. The molecule has 9 nitrogen and oxygen atoms in total. The maximum Gasteiger partial charge on any atom is 0.265 e. The summed E-state index contributed by atoms with van der Waals surface area (Å²) in [6, 6.07) is 11.5. The lowest BCUT2D eigenvalue weighted by atomic mass is 10.2. The minimum Gasteiger partial charge on any atom is -0.482 e. The van der Waals surface area contributed by atoms with Crippen LogP contribution in [-0.4, -0.2) is 48.5 Å². The monoisotopic (exact) mass is 488 g/mol. The van der Waals surface area contributed by atoms with Crippen LogP contribution in [0, 0.1) is 0 Å². The second kappa shape index (κ2) is 8.77. The number of carbonyl (C=O) groups excluding carboxylic acids is 1. The van der Waals surface area contributed by atoms with E-state index in [9.17, 15) is 13.2 Å². The molecule has 172 valence electrons. The molecule has 0 spiro atoms. The first-order valence-corrected chi connectivity index (χ1v) is 12.4. The Balaban J connectivity index is 1.34. The lowest BCUT2D eigenvalue weighted by Crippen LogP contribution is -2.38. The van der Waals surface area contributed by atoms with Gasteiger partial charge in [0.25, 0.3) is 5.91 Å². The zero-order chi connectivity index (χ0) is 23.0. The number of benzene rings is 2. The van der Waals surface area contributed by atoms with Crippen LogP contribution in [0.3, 0.4) is 0 Å². The van der Waals surface area contributed by atoms with Crippen LogP contribution in [-0.2, 0) is 21.4 Å². The Bertz CT molecular complexity index is 1290. The molecule has 0 radical (unpaired) electrons. The Labute approximate surface area is 195 Å². The van der Waals surface area contributed by atoms with E-state index in [1.165, 1.54) is 9.21 Å². The van der Waals surface area contributed by atoms with E-state index in [0.717, 1.165) is 19.3 Å². The number of sulfonamides is 1. The third kappa shape index (κ3) is 4.33. The highest BCUT2D eigenvalue weighted by atomic mass is 35.5. The van der Waals surface area contributed by atoms with Crippen LogP contribution in [0.2, 0.25) is 5.02 Å². The van der Waals surface area contributed by atoms with Crippen molar-refractivity contribution in [2.24, 2.45) is 0 Å². The number of carbonyl (C=O) groups is 1. The molecule has 1 saturated heterocycles. The van der Waals surface area contributed by atoms with Gasteiger partial charge in [-0.15, -0.1) is 0 Å². The van der Waals surface area contributed by atoms with Crippen LogP contribution in [0.1, 0.15) is 25.2 Å². The second-order valence-electron chi connectivity index (χ2n) is 7.88. The zero-order valence-corrected chi connectivity index (χ0v) is 19.2. The summed E-state index contributed by atoms with van der Waals surface area (Å²) in [5.41, 5.74) is 1.14. The molecule has 5 rings (SSSR count). The predicted molar refractivity (Wildman–Crippen MR) is 120 cm³/mol. The molecule has 1 amide bonds. The van der Waals surface area contributed by atoms with Gasteiger partial charge in [-0.1, -0.05) is 23.2 Å². The van der Waals surface area contributed by atoms with Crippen molar-refractivity contribution in [3.8, 4) is 17.1 Å². The van der Waals surface area contributed by atoms with E-state index in [4.69, 9.17) is 20.9 Å². The normalized spacial score (nSPS) is 17.0. The smallest absolute Gasteiger partial charge is 0.265 e. The Morgan fingerprint density at radius 2 is 1.79 bits per heavy atom. The molecule has 3 aromatic rings. The third-order valence-electron chi connectivity index (χ3n) is 5.69. The number of fused-ring (bicyclic) bond motifs is 1. The van der Waals surface area contributed by atoms with Crippen molar-refractivity contribution in [1.82, 2.24) is 14.4 Å². The van der Waals surface area contributed by atoms with Gasteiger partial charge in [0.2, 0.25) is 21.7 Å². The van der Waals surface area contributed by atoms with E-state index < -0.39 is 10.0 Å². The number of amides is 1. The molecular weight excluding hydrogens is 468 g/mol. The van der Waals surface area contributed by atoms with E-state index in [2.05, 4.69) is 10.1 Å². The van der Waals surface area contributed by atoms with Crippen molar-refractivity contribution >= 4 is 33.2 Å². The van der Waals surface area contributed by atoms with Crippen LogP contribution >= 0.6 is 11.6 Å². The fourth-order valence-electron chi connectivity index (χ4n) is 3.95. The topological polar surface area (TPSA) is 106 Å². The summed E-state index contributed by atoms with van der Waals surface area (Å²) in [6.45, 7) is 1.06. The van der Waals surface area contributed by atoms with Gasteiger partial charge in [-0.25, -0.2) is 8.42 Å². The molecule has 0 unspecified atom stereocenters. The van der Waals surface area contributed by atoms with Gasteiger partial charge < -0.3 is 9.26 Å². The van der Waals surface area contributed by atoms with Crippen molar-refractivity contribution in [3.05, 3.63) is 53.4 Å². The SMILES string of the molecule is O=C1COc2ccc(Cl)cc2N1Cc1nc(-c2ccc(S(=O)(=O)N3CCCCC3)cc2)no1. The van der Waals surface area contributed by atoms with Crippen LogP contribution in [0.15, 0.2) is 51.9 Å². The van der Waals surface area contributed by atoms with Crippen LogP contribution in [0.4, 0.5) is 5.69 Å². The van der Waals surface area contributed by atoms with E-state index in [0.29, 0.717) is 40.9 Å². The van der Waals surface area contributed by atoms with Gasteiger partial charge in [-0.05, 0) is 55.3 Å². The molecule has 2 aromatic carbocycles. The molecule has 3 heterocycles. The molecule has 0 atom stereocenters. The molecule has 0 saturated carbocycles. The first-order chi connectivity index (χ1) is 15.9. The fourth-order valence-corrected chi connectivity index (χ4v) is 5.63. The minimum atomic E-state index is -3.51. The first kappa shape index (κ1) is 21.9. The van der Waals surface area contributed by atoms with Gasteiger partial charge in [0.05, 0.1) is 10.6 Å². The lowest BCUT2D eigenvalue weighted by molar-refractivity contribution is -0.121. The molecule has 11 heteroatoms. The van der Waals surface area contributed by atoms with Crippen molar-refractivity contribution < 1.29 is 22.5 Å². The number of aromatic nitrogens is 2. The maximum absolute atomic E-state index is 12.8. The van der Waals surface area contributed by atoms with Gasteiger partial charge in [0.1, 0.15) is 12.3 Å². The van der Waals surface area contributed by atoms with Crippen LogP contribution < -0.4 is 9.64 Å². The number of ether oxygens (including phenoxy) is 1. The van der Waals surface area contributed by atoms with E-state index in [1.807, 2.05) is 0 Å². The molecular formula is C22H21ClN4O5S. The predicted octanol–water partition coefficient (Wildman–Crippen LogP) is 3.49. The Morgan fingerprint density at radius 1 is 1.03 bits per heavy atom. The van der Waals surface area contributed by atoms with Gasteiger partial charge in [0, 0.05) is 23.7 Å². The number of piperidine rings is 1. The third-order valence-corrected chi connectivity index (χ3v) is 7.84. The molecule has 33 heavy (non-hydrogen) atoms. The fraction of sp³-hybridized carbons (Fsp3) is 0.318. The van der Waals surface area contributed by atoms with Crippen LogP contribution in [0.5, 0.6) is 5.75 Å². The first-order valence-electron chi connectivity index (χ1n) is 10.6. The van der Waals surface area contributed by atoms with E-state index in [-0.39, 0.29) is 29.8 Å². The largest absolute Gasteiger partial charge is 0.482 e. The van der Waals surface area contributed by atoms with Gasteiger partial charge in [-0.3, -0.25) is 9.69 Å². The number of nitrogens with zero attached hydrogens (tertiary/aromatic N) is 4. The van der Waals surface area contributed by atoms with Gasteiger partial charge >= 0.3 is 0 Å². The number of rotatable bonds is 5. The molecule has 0 aliphatic carbocycles. The Hall–Kier alpha value is -2.95. The summed E-state index contributed by atoms with van der Waals surface area (Å²) in [6.07, 6.45) is 2.82. The Kier molecular flexibility index (Phi) is 5.81. The molecule has 0 N–H and O–H groups in total.